The molecule has 0 spiro atoms. The first-order valence-electron chi connectivity index (χ1n) is 7.56. The fourth-order valence-corrected chi connectivity index (χ4v) is 3.59. The molecule has 0 N–H and O–H groups in total. The van der Waals surface area contributed by atoms with Crippen molar-refractivity contribution in [3.05, 3.63) is 53.6 Å². The molecule has 0 aliphatic rings. The van der Waals surface area contributed by atoms with Gasteiger partial charge in [0.05, 0.1) is 10.4 Å². The Hall–Kier alpha value is -1.67. The van der Waals surface area contributed by atoms with Crippen LogP contribution in [0.4, 0.5) is 0 Å². The molecule has 3 aromatic rings. The maximum Gasteiger partial charge on any atom is 0.0922 e. The van der Waals surface area contributed by atoms with Crippen LogP contribution in [-0.4, -0.2) is 4.37 Å². The molecule has 0 amide bonds. The van der Waals surface area contributed by atoms with E-state index in [1.165, 1.54) is 26.8 Å². The zero-order valence-electron chi connectivity index (χ0n) is 13.1. The Balaban J connectivity index is 2.30. The highest BCUT2D eigenvalue weighted by Gasteiger charge is 2.16. The number of aromatic nitrogens is 1. The van der Waals surface area contributed by atoms with Gasteiger partial charge in [-0.1, -0.05) is 64.1 Å². The van der Waals surface area contributed by atoms with Crippen LogP contribution in [0.15, 0.2) is 42.5 Å². The maximum atomic E-state index is 4.75. The molecule has 0 aliphatic heterocycles. The van der Waals surface area contributed by atoms with Gasteiger partial charge in [-0.3, -0.25) is 0 Å². The van der Waals surface area contributed by atoms with E-state index in [1.807, 2.05) is 0 Å². The van der Waals surface area contributed by atoms with Crippen LogP contribution in [0.25, 0.3) is 21.3 Å². The van der Waals surface area contributed by atoms with Gasteiger partial charge in [0.15, 0.2) is 0 Å². The third kappa shape index (κ3) is 2.60. The predicted molar refractivity (Wildman–Crippen MR) is 93.2 cm³/mol. The third-order valence-corrected chi connectivity index (χ3v) is 4.76. The van der Waals surface area contributed by atoms with Crippen molar-refractivity contribution < 1.29 is 0 Å². The van der Waals surface area contributed by atoms with E-state index in [2.05, 4.69) is 70.2 Å². The number of hydrogen-bond donors (Lipinski definition) is 0. The van der Waals surface area contributed by atoms with Crippen LogP contribution < -0.4 is 0 Å². The molecule has 108 valence electrons. The summed E-state index contributed by atoms with van der Waals surface area (Å²) in [6, 6.07) is 15.2. The van der Waals surface area contributed by atoms with Crippen molar-refractivity contribution in [1.29, 1.82) is 0 Å². The summed E-state index contributed by atoms with van der Waals surface area (Å²) >= 11 is 1.62. The van der Waals surface area contributed by atoms with E-state index in [-0.39, 0.29) is 0 Å². The first-order chi connectivity index (χ1) is 10.1. The highest BCUT2D eigenvalue weighted by Crippen LogP contribution is 2.38. The fourth-order valence-electron chi connectivity index (χ4n) is 2.71. The van der Waals surface area contributed by atoms with Crippen molar-refractivity contribution in [3.8, 4) is 11.3 Å². The average Bonchev–Trinajstić information content (AvgIpc) is 2.90. The van der Waals surface area contributed by atoms with Crippen LogP contribution in [-0.2, 0) is 0 Å². The molecule has 0 atom stereocenters. The van der Waals surface area contributed by atoms with Gasteiger partial charge in [-0.25, -0.2) is 0 Å². The van der Waals surface area contributed by atoms with Gasteiger partial charge in [-0.15, -0.1) is 0 Å². The Kier molecular flexibility index (Phi) is 3.81. The second-order valence-electron chi connectivity index (χ2n) is 6.19. The van der Waals surface area contributed by atoms with Crippen molar-refractivity contribution in [2.75, 3.05) is 0 Å². The molecule has 2 heteroatoms. The van der Waals surface area contributed by atoms with Gasteiger partial charge < -0.3 is 0 Å². The Morgan fingerprint density at radius 1 is 0.905 bits per heavy atom. The van der Waals surface area contributed by atoms with Crippen molar-refractivity contribution in [3.63, 3.8) is 0 Å². The molecule has 1 heterocycles. The number of nitrogens with zero attached hydrogens (tertiary/aromatic N) is 1. The number of hydrogen-bond acceptors (Lipinski definition) is 2. The zero-order chi connectivity index (χ0) is 15.0. The molecule has 0 unspecified atom stereocenters. The lowest BCUT2D eigenvalue weighted by Crippen LogP contribution is -1.95. The largest absolute Gasteiger partial charge is 0.191 e. The van der Waals surface area contributed by atoms with E-state index in [0.717, 1.165) is 5.69 Å². The molecule has 0 radical (unpaired) electrons. The van der Waals surface area contributed by atoms with E-state index in [1.54, 1.807) is 11.5 Å². The summed E-state index contributed by atoms with van der Waals surface area (Å²) in [5.74, 6) is 1.05. The highest BCUT2D eigenvalue weighted by molar-refractivity contribution is 7.13. The third-order valence-electron chi connectivity index (χ3n) is 3.96. The molecule has 1 aromatic heterocycles. The normalized spacial score (nSPS) is 11.7. The minimum Gasteiger partial charge on any atom is -0.191 e. The van der Waals surface area contributed by atoms with Crippen LogP contribution in [0.3, 0.4) is 0 Å². The molecule has 0 bridgehead atoms. The molecule has 21 heavy (non-hydrogen) atoms. The minimum absolute atomic E-state index is 0.505. The molecular weight excluding hydrogens is 274 g/mol. The number of benzene rings is 2. The minimum atomic E-state index is 0.505. The van der Waals surface area contributed by atoms with Crippen LogP contribution in [0, 0.1) is 0 Å². The summed E-state index contributed by atoms with van der Waals surface area (Å²) in [5, 5.41) is 1.34. The van der Waals surface area contributed by atoms with Gasteiger partial charge in [0, 0.05) is 10.9 Å². The zero-order valence-corrected chi connectivity index (χ0v) is 13.9. The molecule has 0 fully saturated rings. The predicted octanol–water partition coefficient (Wildman–Crippen LogP) is 6.21. The van der Waals surface area contributed by atoms with Crippen molar-refractivity contribution in [2.45, 2.75) is 39.5 Å². The highest BCUT2D eigenvalue weighted by atomic mass is 32.1. The smallest absolute Gasteiger partial charge is 0.0922 e. The number of rotatable bonds is 3. The Morgan fingerprint density at radius 2 is 1.62 bits per heavy atom. The lowest BCUT2D eigenvalue weighted by atomic mass is 9.91. The Labute approximate surface area is 130 Å². The van der Waals surface area contributed by atoms with Crippen LogP contribution >= 0.6 is 11.5 Å². The Bertz CT molecular complexity index is 754. The summed E-state index contributed by atoms with van der Waals surface area (Å²) in [4.78, 5) is 0. The van der Waals surface area contributed by atoms with Gasteiger partial charge in [-0.2, -0.15) is 4.37 Å². The van der Waals surface area contributed by atoms with E-state index in [4.69, 9.17) is 4.37 Å². The van der Waals surface area contributed by atoms with E-state index in [9.17, 15) is 0 Å². The second-order valence-corrected chi connectivity index (χ2v) is 6.99. The van der Waals surface area contributed by atoms with E-state index < -0.39 is 0 Å². The maximum absolute atomic E-state index is 4.75. The Morgan fingerprint density at radius 3 is 2.24 bits per heavy atom. The first-order valence-corrected chi connectivity index (χ1v) is 8.34. The van der Waals surface area contributed by atoms with Gasteiger partial charge >= 0.3 is 0 Å². The summed E-state index contributed by atoms with van der Waals surface area (Å²) in [6.07, 6.45) is 0. The van der Waals surface area contributed by atoms with Crippen LogP contribution in [0.5, 0.6) is 0 Å². The lowest BCUT2D eigenvalue weighted by molar-refractivity contribution is 0.842. The topological polar surface area (TPSA) is 12.9 Å². The summed E-state index contributed by atoms with van der Waals surface area (Å²) in [7, 11) is 0. The molecule has 3 rings (SSSR count). The molecule has 0 saturated carbocycles. The van der Waals surface area contributed by atoms with Gasteiger partial charge in [0.25, 0.3) is 0 Å². The quantitative estimate of drug-likeness (QED) is 0.559. The standard InChI is InChI=1S/C19H21NS/c1-12(2)15-10-16(13(3)4)18-17(11-15)21-20-19(18)14-8-6-5-7-9-14/h5-13H,1-4H3. The molecule has 2 aromatic carbocycles. The summed E-state index contributed by atoms with van der Waals surface area (Å²) < 4.78 is 6.06. The fraction of sp³-hybridized carbons (Fsp3) is 0.316. The van der Waals surface area contributed by atoms with Crippen LogP contribution in [0.2, 0.25) is 0 Å². The molecule has 0 saturated heterocycles. The monoisotopic (exact) mass is 295 g/mol. The van der Waals surface area contributed by atoms with E-state index >= 15 is 0 Å². The van der Waals surface area contributed by atoms with Gasteiger partial charge in [0.2, 0.25) is 0 Å². The van der Waals surface area contributed by atoms with E-state index in [0.29, 0.717) is 11.8 Å². The van der Waals surface area contributed by atoms with Crippen molar-refractivity contribution >= 4 is 21.6 Å². The van der Waals surface area contributed by atoms with Crippen molar-refractivity contribution in [2.24, 2.45) is 0 Å². The van der Waals surface area contributed by atoms with Gasteiger partial charge in [-0.05, 0) is 40.6 Å². The van der Waals surface area contributed by atoms with Gasteiger partial charge in [0.1, 0.15) is 0 Å². The van der Waals surface area contributed by atoms with Crippen LogP contribution in [0.1, 0.15) is 50.7 Å². The summed E-state index contributed by atoms with van der Waals surface area (Å²) in [6.45, 7) is 9.05. The lowest BCUT2D eigenvalue weighted by Gasteiger charge is -2.13. The first kappa shape index (κ1) is 14.3. The second kappa shape index (κ2) is 5.61. The summed E-state index contributed by atoms with van der Waals surface area (Å²) in [5.41, 5.74) is 5.18. The molecular formula is C19H21NS. The average molecular weight is 295 g/mol. The SMILES string of the molecule is CC(C)c1cc(C(C)C)c2c(-c3ccccc3)nsc2c1. The molecule has 1 nitrogen and oxygen atoms in total. The number of fused-ring (bicyclic) bond motifs is 1. The van der Waals surface area contributed by atoms with Crippen molar-refractivity contribution in [1.82, 2.24) is 4.37 Å². The molecule has 0 aliphatic carbocycles.